The highest BCUT2D eigenvalue weighted by Crippen LogP contribution is 2.30. The van der Waals surface area contributed by atoms with Gasteiger partial charge >= 0.3 is 0 Å². The summed E-state index contributed by atoms with van der Waals surface area (Å²) >= 11 is 0. The number of hydrogen-bond donors (Lipinski definition) is 0. The van der Waals surface area contributed by atoms with Crippen LogP contribution in [0, 0.1) is 5.92 Å². The van der Waals surface area contributed by atoms with Gasteiger partial charge in [0.2, 0.25) is 0 Å². The summed E-state index contributed by atoms with van der Waals surface area (Å²) in [7, 11) is 1.96. The van der Waals surface area contributed by atoms with Crippen LogP contribution in [0.5, 0.6) is 0 Å². The molecule has 1 aliphatic heterocycles. The van der Waals surface area contributed by atoms with Crippen LogP contribution in [-0.4, -0.2) is 47.5 Å². The smallest absolute Gasteiger partial charge is 0.180 e. The first-order valence-electron chi connectivity index (χ1n) is 9.82. The van der Waals surface area contributed by atoms with Gasteiger partial charge in [-0.3, -0.25) is 9.78 Å². The van der Waals surface area contributed by atoms with Crippen molar-refractivity contribution in [2.75, 3.05) is 31.7 Å². The quantitative estimate of drug-likeness (QED) is 0.783. The van der Waals surface area contributed by atoms with Crippen molar-refractivity contribution in [1.82, 2.24) is 15.0 Å². The zero-order valence-electron chi connectivity index (χ0n) is 15.9. The molecule has 0 N–H and O–H groups in total. The summed E-state index contributed by atoms with van der Waals surface area (Å²) in [5.41, 5.74) is 3.05. The molecule has 0 aromatic carbocycles. The molecule has 0 spiro atoms. The number of pyridine rings is 1. The van der Waals surface area contributed by atoms with Crippen LogP contribution in [0.4, 0.5) is 5.82 Å². The molecule has 142 valence electrons. The molecule has 2 aromatic heterocycles. The van der Waals surface area contributed by atoms with E-state index in [9.17, 15) is 4.79 Å². The van der Waals surface area contributed by atoms with Crippen molar-refractivity contribution in [3.8, 4) is 11.5 Å². The normalized spacial score (nSPS) is 18.9. The molecule has 0 bridgehead atoms. The lowest BCUT2D eigenvalue weighted by Gasteiger charge is -2.24. The van der Waals surface area contributed by atoms with Crippen molar-refractivity contribution in [2.24, 2.45) is 5.92 Å². The maximum atomic E-state index is 12.6. The third kappa shape index (κ3) is 4.16. The number of Topliss-reactive ketones (excluding diaryl/α,β-unsaturated/α-hetero) is 1. The SMILES string of the molecule is CN(CC(=O)CC1CCCOC1)c1nc(-c2ccccn2)nc2c1CCC2. The van der Waals surface area contributed by atoms with Crippen LogP contribution in [0.2, 0.25) is 0 Å². The van der Waals surface area contributed by atoms with Gasteiger partial charge in [-0.1, -0.05) is 6.07 Å². The molecule has 4 rings (SSSR count). The Labute approximate surface area is 160 Å². The highest BCUT2D eigenvalue weighted by molar-refractivity contribution is 5.83. The molecule has 6 nitrogen and oxygen atoms in total. The summed E-state index contributed by atoms with van der Waals surface area (Å²) in [5, 5.41) is 0. The number of ether oxygens (including phenoxy) is 1. The monoisotopic (exact) mass is 366 g/mol. The van der Waals surface area contributed by atoms with E-state index < -0.39 is 0 Å². The van der Waals surface area contributed by atoms with Gasteiger partial charge in [0.1, 0.15) is 11.5 Å². The van der Waals surface area contributed by atoms with Crippen LogP contribution in [0.25, 0.3) is 11.5 Å². The Morgan fingerprint density at radius 2 is 2.19 bits per heavy atom. The van der Waals surface area contributed by atoms with Crippen LogP contribution in [-0.2, 0) is 22.4 Å². The van der Waals surface area contributed by atoms with Crippen molar-refractivity contribution >= 4 is 11.6 Å². The molecule has 0 radical (unpaired) electrons. The minimum absolute atomic E-state index is 0.248. The summed E-state index contributed by atoms with van der Waals surface area (Å²) in [6.45, 7) is 1.91. The van der Waals surface area contributed by atoms with Crippen LogP contribution >= 0.6 is 0 Å². The Morgan fingerprint density at radius 1 is 1.26 bits per heavy atom. The maximum Gasteiger partial charge on any atom is 0.180 e. The lowest BCUT2D eigenvalue weighted by molar-refractivity contribution is -0.119. The number of aromatic nitrogens is 3. The average molecular weight is 366 g/mol. The van der Waals surface area contributed by atoms with Gasteiger partial charge in [0.15, 0.2) is 11.6 Å². The van der Waals surface area contributed by atoms with Crippen molar-refractivity contribution in [2.45, 2.75) is 38.5 Å². The average Bonchev–Trinajstić information content (AvgIpc) is 3.17. The van der Waals surface area contributed by atoms with Crippen LogP contribution in [0.3, 0.4) is 0 Å². The van der Waals surface area contributed by atoms with E-state index >= 15 is 0 Å². The molecule has 0 amide bonds. The van der Waals surface area contributed by atoms with Crippen molar-refractivity contribution in [3.63, 3.8) is 0 Å². The Kier molecular flexibility index (Phi) is 5.43. The van der Waals surface area contributed by atoms with Gasteiger partial charge in [-0.2, -0.15) is 0 Å². The van der Waals surface area contributed by atoms with E-state index in [2.05, 4.69) is 4.98 Å². The minimum atomic E-state index is 0.248. The van der Waals surface area contributed by atoms with E-state index in [4.69, 9.17) is 14.7 Å². The zero-order valence-corrected chi connectivity index (χ0v) is 15.9. The third-order valence-corrected chi connectivity index (χ3v) is 5.35. The lowest BCUT2D eigenvalue weighted by Crippen LogP contribution is -2.30. The second-order valence-corrected chi connectivity index (χ2v) is 7.55. The zero-order chi connectivity index (χ0) is 18.6. The fourth-order valence-corrected chi connectivity index (χ4v) is 4.03. The van der Waals surface area contributed by atoms with E-state index in [0.717, 1.165) is 55.9 Å². The van der Waals surface area contributed by atoms with Gasteiger partial charge < -0.3 is 9.64 Å². The molecule has 1 unspecified atom stereocenters. The number of rotatable bonds is 6. The molecule has 1 fully saturated rings. The lowest BCUT2D eigenvalue weighted by atomic mass is 9.96. The fourth-order valence-electron chi connectivity index (χ4n) is 4.03. The summed E-state index contributed by atoms with van der Waals surface area (Å²) in [5.74, 6) is 2.13. The molecule has 1 saturated heterocycles. The Morgan fingerprint density at radius 3 is 2.96 bits per heavy atom. The van der Waals surface area contributed by atoms with Crippen molar-refractivity contribution < 1.29 is 9.53 Å². The number of carbonyl (C=O) groups is 1. The van der Waals surface area contributed by atoms with Crippen molar-refractivity contribution in [3.05, 3.63) is 35.7 Å². The van der Waals surface area contributed by atoms with Crippen LogP contribution < -0.4 is 4.90 Å². The van der Waals surface area contributed by atoms with Gasteiger partial charge in [0.05, 0.1) is 6.54 Å². The van der Waals surface area contributed by atoms with E-state index in [1.54, 1.807) is 6.20 Å². The summed E-state index contributed by atoms with van der Waals surface area (Å²) in [6, 6.07) is 5.75. The first-order valence-corrected chi connectivity index (χ1v) is 9.82. The van der Waals surface area contributed by atoms with Gasteiger partial charge in [0, 0.05) is 44.1 Å². The maximum absolute atomic E-state index is 12.6. The first kappa shape index (κ1) is 18.0. The second-order valence-electron chi connectivity index (χ2n) is 7.55. The molecule has 3 heterocycles. The third-order valence-electron chi connectivity index (χ3n) is 5.35. The molecule has 1 aliphatic carbocycles. The number of anilines is 1. The standard InChI is InChI=1S/C21H26N4O2/c1-25(13-16(26)12-15-6-5-11-27-14-15)21-17-7-4-9-18(17)23-20(24-21)19-8-2-3-10-22-19/h2-3,8,10,15H,4-7,9,11-14H2,1H3. The minimum Gasteiger partial charge on any atom is -0.381 e. The Balaban J connectivity index is 1.53. The van der Waals surface area contributed by atoms with Gasteiger partial charge in [-0.15, -0.1) is 0 Å². The molecular weight excluding hydrogens is 340 g/mol. The highest BCUT2D eigenvalue weighted by Gasteiger charge is 2.24. The van der Waals surface area contributed by atoms with E-state index in [0.29, 0.717) is 31.3 Å². The van der Waals surface area contributed by atoms with E-state index in [1.807, 2.05) is 30.1 Å². The molecule has 0 saturated carbocycles. The second kappa shape index (κ2) is 8.13. The number of carbonyl (C=O) groups excluding carboxylic acids is 1. The number of ketones is 1. The summed E-state index contributed by atoms with van der Waals surface area (Å²) in [6.07, 6.45) is 7.51. The van der Waals surface area contributed by atoms with Gasteiger partial charge in [-0.05, 0) is 50.2 Å². The Hall–Kier alpha value is -2.34. The number of nitrogens with zero attached hydrogens (tertiary/aromatic N) is 4. The molecular formula is C21H26N4O2. The van der Waals surface area contributed by atoms with Crippen LogP contribution in [0.15, 0.2) is 24.4 Å². The first-order chi connectivity index (χ1) is 13.2. The summed E-state index contributed by atoms with van der Waals surface area (Å²) < 4.78 is 5.50. The Bertz CT molecular complexity index is 803. The van der Waals surface area contributed by atoms with Crippen molar-refractivity contribution in [1.29, 1.82) is 0 Å². The topological polar surface area (TPSA) is 68.2 Å². The van der Waals surface area contributed by atoms with Gasteiger partial charge in [-0.25, -0.2) is 9.97 Å². The number of hydrogen-bond acceptors (Lipinski definition) is 6. The highest BCUT2D eigenvalue weighted by atomic mass is 16.5. The molecule has 1 atom stereocenters. The van der Waals surface area contributed by atoms with E-state index in [1.165, 1.54) is 5.56 Å². The van der Waals surface area contributed by atoms with Gasteiger partial charge in [0.25, 0.3) is 0 Å². The predicted octanol–water partition coefficient (Wildman–Crippen LogP) is 2.85. The fraction of sp³-hybridized carbons (Fsp3) is 0.524. The number of fused-ring (bicyclic) bond motifs is 1. The molecule has 6 heteroatoms. The van der Waals surface area contributed by atoms with E-state index in [-0.39, 0.29) is 5.78 Å². The largest absolute Gasteiger partial charge is 0.381 e. The van der Waals surface area contributed by atoms with Crippen LogP contribution in [0.1, 0.15) is 36.9 Å². The number of aryl methyl sites for hydroxylation is 1. The predicted molar refractivity (Wildman–Crippen MR) is 104 cm³/mol. The molecule has 27 heavy (non-hydrogen) atoms. The molecule has 2 aliphatic rings. The number of likely N-dealkylation sites (N-methyl/N-ethyl adjacent to an activating group) is 1. The molecule has 2 aromatic rings. The summed E-state index contributed by atoms with van der Waals surface area (Å²) in [4.78, 5) is 28.5.